The molecule has 2 rings (SSSR count). The first-order valence-electron chi connectivity index (χ1n) is 5.23. The van der Waals surface area contributed by atoms with Crippen LogP contribution in [0.1, 0.15) is 24.4 Å². The van der Waals surface area contributed by atoms with Gasteiger partial charge in [-0.05, 0) is 19.1 Å². The first kappa shape index (κ1) is 10.8. The third kappa shape index (κ3) is 2.43. The van der Waals surface area contributed by atoms with E-state index >= 15 is 0 Å². The van der Waals surface area contributed by atoms with Gasteiger partial charge in [-0.25, -0.2) is 9.97 Å². The van der Waals surface area contributed by atoms with E-state index < -0.39 is 0 Å². The summed E-state index contributed by atoms with van der Waals surface area (Å²) in [7, 11) is 1.94. The van der Waals surface area contributed by atoms with Gasteiger partial charge in [-0.15, -0.1) is 0 Å². The van der Waals surface area contributed by atoms with Gasteiger partial charge in [0.05, 0.1) is 11.4 Å². The van der Waals surface area contributed by atoms with Gasteiger partial charge < -0.3 is 5.32 Å². The maximum atomic E-state index is 4.16. The highest BCUT2D eigenvalue weighted by molar-refractivity contribution is 5.06. The van der Waals surface area contributed by atoms with Crippen LogP contribution in [0.15, 0.2) is 30.9 Å². The van der Waals surface area contributed by atoms with Gasteiger partial charge in [-0.3, -0.25) is 4.68 Å². The Labute approximate surface area is 94.5 Å². The Bertz CT molecular complexity index is 437. The Morgan fingerprint density at radius 1 is 1.38 bits per heavy atom. The van der Waals surface area contributed by atoms with E-state index in [1.54, 1.807) is 18.7 Å². The topological polar surface area (TPSA) is 55.6 Å². The summed E-state index contributed by atoms with van der Waals surface area (Å²) in [6.07, 6.45) is 5.11. The van der Waals surface area contributed by atoms with Crippen LogP contribution in [-0.2, 0) is 13.6 Å². The lowest BCUT2D eigenvalue weighted by Gasteiger charge is -2.13. The molecule has 84 valence electrons. The van der Waals surface area contributed by atoms with Crippen LogP contribution in [0.5, 0.6) is 0 Å². The molecular weight excluding hydrogens is 202 g/mol. The SMILES string of the molecule is CC(NCc1ccncn1)c1ccnn1C. The standard InChI is InChI=1S/C11H15N5/c1-9(11-4-6-15-16(11)2)13-7-10-3-5-12-8-14-10/h3-6,8-9,13H,7H2,1-2H3. The molecule has 0 saturated carbocycles. The van der Waals surface area contributed by atoms with Crippen LogP contribution in [0.3, 0.4) is 0 Å². The van der Waals surface area contributed by atoms with E-state index in [9.17, 15) is 0 Å². The molecule has 2 aromatic heterocycles. The predicted octanol–water partition coefficient (Wildman–Crippen LogP) is 1.06. The summed E-state index contributed by atoms with van der Waals surface area (Å²) in [5.74, 6) is 0. The number of rotatable bonds is 4. The lowest BCUT2D eigenvalue weighted by molar-refractivity contribution is 0.525. The van der Waals surface area contributed by atoms with Gasteiger partial charge in [0.25, 0.3) is 0 Å². The summed E-state index contributed by atoms with van der Waals surface area (Å²) < 4.78 is 1.87. The van der Waals surface area contributed by atoms with Gasteiger partial charge in [-0.2, -0.15) is 5.10 Å². The van der Waals surface area contributed by atoms with Crippen molar-refractivity contribution in [1.29, 1.82) is 0 Å². The molecule has 0 radical (unpaired) electrons. The third-order valence-corrected chi connectivity index (χ3v) is 2.54. The summed E-state index contributed by atoms with van der Waals surface area (Å²) in [6.45, 7) is 2.84. The molecule has 0 amide bonds. The van der Waals surface area contributed by atoms with Gasteiger partial charge in [0.1, 0.15) is 6.33 Å². The highest BCUT2D eigenvalue weighted by atomic mass is 15.3. The Kier molecular flexibility index (Phi) is 3.26. The second-order valence-corrected chi connectivity index (χ2v) is 3.68. The number of aromatic nitrogens is 4. The van der Waals surface area contributed by atoms with Crippen molar-refractivity contribution >= 4 is 0 Å². The van der Waals surface area contributed by atoms with Gasteiger partial charge in [-0.1, -0.05) is 0 Å². The molecule has 0 saturated heterocycles. The van der Waals surface area contributed by atoms with Crippen molar-refractivity contribution in [3.05, 3.63) is 42.2 Å². The molecule has 5 heteroatoms. The number of hydrogen-bond acceptors (Lipinski definition) is 4. The van der Waals surface area contributed by atoms with Crippen LogP contribution in [0.25, 0.3) is 0 Å². The minimum Gasteiger partial charge on any atom is -0.303 e. The second-order valence-electron chi connectivity index (χ2n) is 3.68. The van der Waals surface area contributed by atoms with Crippen LogP contribution in [0.2, 0.25) is 0 Å². The zero-order chi connectivity index (χ0) is 11.4. The van der Waals surface area contributed by atoms with Crippen LogP contribution >= 0.6 is 0 Å². The van der Waals surface area contributed by atoms with Crippen molar-refractivity contribution in [3.8, 4) is 0 Å². The summed E-state index contributed by atoms with van der Waals surface area (Å²) in [5.41, 5.74) is 2.15. The van der Waals surface area contributed by atoms with Gasteiger partial charge in [0.2, 0.25) is 0 Å². The van der Waals surface area contributed by atoms with E-state index in [0.29, 0.717) is 0 Å². The van der Waals surface area contributed by atoms with Crippen molar-refractivity contribution < 1.29 is 0 Å². The number of hydrogen-bond donors (Lipinski definition) is 1. The number of aryl methyl sites for hydroxylation is 1. The van der Waals surface area contributed by atoms with Crippen molar-refractivity contribution in [2.75, 3.05) is 0 Å². The fourth-order valence-electron chi connectivity index (χ4n) is 1.59. The third-order valence-electron chi connectivity index (χ3n) is 2.54. The molecule has 0 aromatic carbocycles. The first-order valence-corrected chi connectivity index (χ1v) is 5.23. The fraction of sp³-hybridized carbons (Fsp3) is 0.364. The van der Waals surface area contributed by atoms with E-state index in [0.717, 1.165) is 17.9 Å². The van der Waals surface area contributed by atoms with E-state index in [2.05, 4.69) is 27.3 Å². The van der Waals surface area contributed by atoms with Gasteiger partial charge in [0, 0.05) is 32.0 Å². The Balaban J connectivity index is 1.94. The maximum absolute atomic E-state index is 4.16. The molecule has 2 aromatic rings. The quantitative estimate of drug-likeness (QED) is 0.832. The molecule has 0 spiro atoms. The molecule has 0 bridgehead atoms. The van der Waals surface area contributed by atoms with Gasteiger partial charge >= 0.3 is 0 Å². The highest BCUT2D eigenvalue weighted by Crippen LogP contribution is 2.10. The zero-order valence-electron chi connectivity index (χ0n) is 9.46. The summed E-state index contributed by atoms with van der Waals surface area (Å²) in [6, 6.07) is 4.17. The highest BCUT2D eigenvalue weighted by Gasteiger charge is 2.08. The minimum atomic E-state index is 0.252. The van der Waals surface area contributed by atoms with Crippen LogP contribution in [-0.4, -0.2) is 19.7 Å². The Morgan fingerprint density at radius 3 is 2.88 bits per heavy atom. The second kappa shape index (κ2) is 4.85. The zero-order valence-corrected chi connectivity index (χ0v) is 9.46. The molecule has 0 aliphatic rings. The summed E-state index contributed by atoms with van der Waals surface area (Å²) in [4.78, 5) is 8.04. The molecule has 2 heterocycles. The average molecular weight is 217 g/mol. The van der Waals surface area contributed by atoms with Crippen molar-refractivity contribution in [2.45, 2.75) is 19.5 Å². The predicted molar refractivity (Wildman–Crippen MR) is 60.5 cm³/mol. The van der Waals surface area contributed by atoms with Crippen molar-refractivity contribution in [1.82, 2.24) is 25.1 Å². The van der Waals surface area contributed by atoms with E-state index in [-0.39, 0.29) is 6.04 Å². The van der Waals surface area contributed by atoms with Crippen LogP contribution < -0.4 is 5.32 Å². The lowest BCUT2D eigenvalue weighted by Crippen LogP contribution is -2.21. The number of nitrogens with zero attached hydrogens (tertiary/aromatic N) is 4. The normalized spacial score (nSPS) is 12.6. The van der Waals surface area contributed by atoms with E-state index in [4.69, 9.17) is 0 Å². The summed E-state index contributed by atoms with van der Waals surface area (Å²) in [5, 5.41) is 7.53. The molecule has 16 heavy (non-hydrogen) atoms. The number of nitrogens with one attached hydrogen (secondary N) is 1. The molecule has 0 aliphatic carbocycles. The smallest absolute Gasteiger partial charge is 0.115 e. The maximum Gasteiger partial charge on any atom is 0.115 e. The molecule has 1 unspecified atom stereocenters. The van der Waals surface area contributed by atoms with E-state index in [1.807, 2.05) is 23.9 Å². The summed E-state index contributed by atoms with van der Waals surface area (Å²) >= 11 is 0. The van der Waals surface area contributed by atoms with Crippen molar-refractivity contribution in [2.24, 2.45) is 7.05 Å². The molecular formula is C11H15N5. The van der Waals surface area contributed by atoms with Crippen LogP contribution in [0, 0.1) is 0 Å². The lowest BCUT2D eigenvalue weighted by atomic mass is 10.2. The minimum absolute atomic E-state index is 0.252. The Hall–Kier alpha value is -1.75. The molecule has 0 aliphatic heterocycles. The largest absolute Gasteiger partial charge is 0.303 e. The van der Waals surface area contributed by atoms with E-state index in [1.165, 1.54) is 0 Å². The van der Waals surface area contributed by atoms with Gasteiger partial charge in [0.15, 0.2) is 0 Å². The Morgan fingerprint density at radius 2 is 2.25 bits per heavy atom. The molecule has 1 N–H and O–H groups in total. The first-order chi connectivity index (χ1) is 7.77. The molecule has 5 nitrogen and oxygen atoms in total. The molecule has 0 fully saturated rings. The monoisotopic (exact) mass is 217 g/mol. The average Bonchev–Trinajstić information content (AvgIpc) is 2.74. The fourth-order valence-corrected chi connectivity index (χ4v) is 1.59. The molecule has 1 atom stereocenters. The van der Waals surface area contributed by atoms with Crippen LogP contribution in [0.4, 0.5) is 0 Å². The van der Waals surface area contributed by atoms with Crippen molar-refractivity contribution in [3.63, 3.8) is 0 Å².